The highest BCUT2D eigenvalue weighted by molar-refractivity contribution is 7.92. The fraction of sp³-hybridized carbons (Fsp3) is 0.208. The molecule has 0 radical (unpaired) electrons. The van der Waals surface area contributed by atoms with Crippen molar-refractivity contribution in [3.63, 3.8) is 0 Å². The molecule has 1 amide bonds. The van der Waals surface area contributed by atoms with E-state index in [1.54, 1.807) is 30.3 Å². The van der Waals surface area contributed by atoms with Gasteiger partial charge in [-0.15, -0.1) is 0 Å². The van der Waals surface area contributed by atoms with E-state index in [1.165, 1.54) is 32.4 Å². The lowest BCUT2D eigenvalue weighted by Crippen LogP contribution is -2.38. The normalized spacial score (nSPS) is 11.0. The molecule has 0 heterocycles. The number of nitrogens with zero attached hydrogens (tertiary/aromatic N) is 1. The molecule has 3 aromatic rings. The Hall–Kier alpha value is -3.52. The Balaban J connectivity index is 2.02. The van der Waals surface area contributed by atoms with E-state index in [4.69, 9.17) is 9.47 Å². The number of anilines is 2. The maximum atomic E-state index is 13.5. The number of sulfonamides is 1. The molecule has 0 unspecified atom stereocenters. The van der Waals surface area contributed by atoms with Gasteiger partial charge in [-0.05, 0) is 49.2 Å². The van der Waals surface area contributed by atoms with Crippen LogP contribution in [0, 0.1) is 13.8 Å². The lowest BCUT2D eigenvalue weighted by Gasteiger charge is -2.25. The zero-order chi connectivity index (χ0) is 23.3. The first-order valence-corrected chi connectivity index (χ1v) is 11.4. The summed E-state index contributed by atoms with van der Waals surface area (Å²) in [5, 5.41) is 2.85. The molecule has 8 heteroatoms. The van der Waals surface area contributed by atoms with Gasteiger partial charge < -0.3 is 14.8 Å². The Morgan fingerprint density at radius 2 is 1.50 bits per heavy atom. The fourth-order valence-electron chi connectivity index (χ4n) is 3.34. The predicted molar refractivity (Wildman–Crippen MR) is 125 cm³/mol. The molecule has 3 aromatic carbocycles. The molecular formula is C24H26N2O5S. The number of carbonyl (C=O) groups is 1. The molecular weight excluding hydrogens is 428 g/mol. The molecule has 0 aliphatic carbocycles. The quantitative estimate of drug-likeness (QED) is 0.553. The predicted octanol–water partition coefficient (Wildman–Crippen LogP) is 4.15. The SMILES string of the molecule is COc1ccc(N(CC(=O)Nc2c(C)cccc2C)S(=O)(=O)c2ccccc2)cc1OC. The Labute approximate surface area is 188 Å². The Bertz CT molecular complexity index is 1190. The topological polar surface area (TPSA) is 84.9 Å². The van der Waals surface area contributed by atoms with Crippen LogP contribution in [0.25, 0.3) is 0 Å². The summed E-state index contributed by atoms with van der Waals surface area (Å²) in [5.41, 5.74) is 2.73. The van der Waals surface area contributed by atoms with Gasteiger partial charge in [-0.2, -0.15) is 0 Å². The molecule has 0 spiro atoms. The second-order valence-electron chi connectivity index (χ2n) is 7.18. The molecule has 168 valence electrons. The number of carbonyl (C=O) groups excluding carboxylic acids is 1. The molecule has 0 atom stereocenters. The first kappa shape index (κ1) is 23.1. The average molecular weight is 455 g/mol. The van der Waals surface area contributed by atoms with Gasteiger partial charge in [-0.1, -0.05) is 36.4 Å². The number of hydrogen-bond acceptors (Lipinski definition) is 5. The molecule has 0 saturated carbocycles. The summed E-state index contributed by atoms with van der Waals surface area (Å²) in [5.74, 6) is 0.346. The van der Waals surface area contributed by atoms with Gasteiger partial charge in [-0.3, -0.25) is 9.10 Å². The number of methoxy groups -OCH3 is 2. The molecule has 0 bridgehead atoms. The van der Waals surface area contributed by atoms with E-state index < -0.39 is 22.5 Å². The van der Waals surface area contributed by atoms with Gasteiger partial charge in [0.1, 0.15) is 6.54 Å². The van der Waals surface area contributed by atoms with Crippen molar-refractivity contribution in [2.75, 3.05) is 30.4 Å². The van der Waals surface area contributed by atoms with Gasteiger partial charge in [-0.25, -0.2) is 8.42 Å². The summed E-state index contributed by atoms with van der Waals surface area (Å²) in [7, 11) is -1.07. The molecule has 0 aromatic heterocycles. The van der Waals surface area contributed by atoms with Crippen LogP contribution in [0.2, 0.25) is 0 Å². The third-order valence-corrected chi connectivity index (χ3v) is 6.81. The average Bonchev–Trinajstić information content (AvgIpc) is 2.80. The first-order chi connectivity index (χ1) is 15.3. The van der Waals surface area contributed by atoms with Crippen LogP contribution in [-0.2, 0) is 14.8 Å². The number of ether oxygens (including phenoxy) is 2. The van der Waals surface area contributed by atoms with Crippen molar-refractivity contribution in [2.24, 2.45) is 0 Å². The number of aryl methyl sites for hydroxylation is 2. The maximum absolute atomic E-state index is 13.5. The van der Waals surface area contributed by atoms with Crippen molar-refractivity contribution in [1.82, 2.24) is 0 Å². The van der Waals surface area contributed by atoms with Gasteiger partial charge in [0, 0.05) is 11.8 Å². The first-order valence-electron chi connectivity index (χ1n) is 9.94. The summed E-state index contributed by atoms with van der Waals surface area (Å²) >= 11 is 0. The highest BCUT2D eigenvalue weighted by Crippen LogP contribution is 2.34. The van der Waals surface area contributed by atoms with Crippen LogP contribution in [0.5, 0.6) is 11.5 Å². The zero-order valence-electron chi connectivity index (χ0n) is 18.5. The number of nitrogens with one attached hydrogen (secondary N) is 1. The van der Waals surface area contributed by atoms with E-state index in [0.717, 1.165) is 15.4 Å². The number of hydrogen-bond donors (Lipinski definition) is 1. The molecule has 0 fully saturated rings. The Morgan fingerprint density at radius 3 is 2.09 bits per heavy atom. The zero-order valence-corrected chi connectivity index (χ0v) is 19.3. The molecule has 3 rings (SSSR count). The molecule has 7 nitrogen and oxygen atoms in total. The van der Waals surface area contributed by atoms with E-state index >= 15 is 0 Å². The molecule has 0 aliphatic rings. The standard InChI is InChI=1S/C24H26N2O5S/c1-17-9-8-10-18(2)24(17)25-23(27)16-26(32(28,29)20-11-6-5-7-12-20)19-13-14-21(30-3)22(15-19)31-4/h5-15H,16H2,1-4H3,(H,25,27). The second-order valence-corrected chi connectivity index (χ2v) is 9.04. The Kier molecular flexibility index (Phi) is 7.05. The lowest BCUT2D eigenvalue weighted by molar-refractivity contribution is -0.114. The van der Waals surface area contributed by atoms with Gasteiger partial charge >= 0.3 is 0 Å². The van der Waals surface area contributed by atoms with E-state index in [1.807, 2.05) is 32.0 Å². The third kappa shape index (κ3) is 4.86. The molecule has 1 N–H and O–H groups in total. The maximum Gasteiger partial charge on any atom is 0.264 e. The van der Waals surface area contributed by atoms with Crippen molar-refractivity contribution in [3.05, 3.63) is 77.9 Å². The minimum Gasteiger partial charge on any atom is -0.493 e. The van der Waals surface area contributed by atoms with Crippen LogP contribution in [-0.4, -0.2) is 35.1 Å². The minimum absolute atomic E-state index is 0.0784. The fourth-order valence-corrected chi connectivity index (χ4v) is 4.77. The van der Waals surface area contributed by atoms with Gasteiger partial charge in [0.05, 0.1) is 24.8 Å². The van der Waals surface area contributed by atoms with Crippen LogP contribution in [0.15, 0.2) is 71.6 Å². The summed E-state index contributed by atoms with van der Waals surface area (Å²) < 4.78 is 38.6. The van der Waals surface area contributed by atoms with Crippen LogP contribution in [0.4, 0.5) is 11.4 Å². The second kappa shape index (κ2) is 9.74. The molecule has 32 heavy (non-hydrogen) atoms. The van der Waals surface area contributed by atoms with Gasteiger partial charge in [0.25, 0.3) is 10.0 Å². The van der Waals surface area contributed by atoms with Crippen molar-refractivity contribution in [1.29, 1.82) is 0 Å². The van der Waals surface area contributed by atoms with E-state index in [2.05, 4.69) is 5.32 Å². The highest BCUT2D eigenvalue weighted by atomic mass is 32.2. The molecule has 0 saturated heterocycles. The van der Waals surface area contributed by atoms with Crippen molar-refractivity contribution in [2.45, 2.75) is 18.7 Å². The summed E-state index contributed by atoms with van der Waals surface area (Å²) in [6.45, 7) is 3.35. The Morgan fingerprint density at radius 1 is 0.875 bits per heavy atom. The monoisotopic (exact) mass is 454 g/mol. The van der Waals surface area contributed by atoms with Gasteiger partial charge in [0.15, 0.2) is 11.5 Å². The lowest BCUT2D eigenvalue weighted by atomic mass is 10.1. The summed E-state index contributed by atoms with van der Waals surface area (Å²) in [4.78, 5) is 13.1. The van der Waals surface area contributed by atoms with Crippen LogP contribution in [0.3, 0.4) is 0 Å². The third-order valence-electron chi connectivity index (χ3n) is 5.02. The van der Waals surface area contributed by atoms with Crippen molar-refractivity contribution >= 4 is 27.3 Å². The molecule has 0 aliphatic heterocycles. The van der Waals surface area contributed by atoms with E-state index in [-0.39, 0.29) is 10.6 Å². The van der Waals surface area contributed by atoms with Crippen molar-refractivity contribution in [3.8, 4) is 11.5 Å². The van der Waals surface area contributed by atoms with Crippen LogP contribution < -0.4 is 19.1 Å². The smallest absolute Gasteiger partial charge is 0.264 e. The van der Waals surface area contributed by atoms with Gasteiger partial charge in [0.2, 0.25) is 5.91 Å². The number of rotatable bonds is 8. The highest BCUT2D eigenvalue weighted by Gasteiger charge is 2.28. The number of benzene rings is 3. The van der Waals surface area contributed by atoms with Crippen LogP contribution >= 0.6 is 0 Å². The number of para-hydroxylation sites is 1. The largest absolute Gasteiger partial charge is 0.493 e. The van der Waals surface area contributed by atoms with Crippen LogP contribution in [0.1, 0.15) is 11.1 Å². The van der Waals surface area contributed by atoms with Crippen molar-refractivity contribution < 1.29 is 22.7 Å². The van der Waals surface area contributed by atoms with E-state index in [0.29, 0.717) is 17.2 Å². The summed E-state index contributed by atoms with van der Waals surface area (Å²) in [6.07, 6.45) is 0. The summed E-state index contributed by atoms with van der Waals surface area (Å²) in [6, 6.07) is 18.4. The minimum atomic E-state index is -4.03. The number of amides is 1. The van der Waals surface area contributed by atoms with E-state index in [9.17, 15) is 13.2 Å².